The highest BCUT2D eigenvalue weighted by Gasteiger charge is 2.15. The minimum Gasteiger partial charge on any atom is -0.345 e. The fourth-order valence-corrected chi connectivity index (χ4v) is 1.71. The molecule has 1 N–H and O–H groups in total. The first-order chi connectivity index (χ1) is 8.59. The molecule has 1 amide bonds. The van der Waals surface area contributed by atoms with Crippen LogP contribution in [0.3, 0.4) is 0 Å². The van der Waals surface area contributed by atoms with Gasteiger partial charge < -0.3 is 5.32 Å². The van der Waals surface area contributed by atoms with Gasteiger partial charge >= 0.3 is 0 Å². The second-order valence-electron chi connectivity index (χ2n) is 4.25. The molecule has 5 heteroatoms. The van der Waals surface area contributed by atoms with Gasteiger partial charge in [0.15, 0.2) is 0 Å². The van der Waals surface area contributed by atoms with Crippen LogP contribution in [0.2, 0.25) is 0 Å². The van der Waals surface area contributed by atoms with Crippen molar-refractivity contribution >= 4 is 5.91 Å². The molecular formula is C13H16N4O. The molecule has 2 aromatic heterocycles. The molecule has 0 aromatic carbocycles. The van der Waals surface area contributed by atoms with Gasteiger partial charge in [0.1, 0.15) is 0 Å². The third-order valence-corrected chi connectivity index (χ3v) is 3.01. The number of nitrogens with zero attached hydrogens (tertiary/aromatic N) is 3. The number of amides is 1. The minimum absolute atomic E-state index is 0.0780. The summed E-state index contributed by atoms with van der Waals surface area (Å²) in [5, 5.41) is 7.00. The average molecular weight is 244 g/mol. The van der Waals surface area contributed by atoms with E-state index in [4.69, 9.17) is 0 Å². The van der Waals surface area contributed by atoms with E-state index in [1.807, 2.05) is 33.0 Å². The molecule has 5 nitrogen and oxygen atoms in total. The van der Waals surface area contributed by atoms with E-state index in [1.54, 1.807) is 23.3 Å². The fourth-order valence-electron chi connectivity index (χ4n) is 1.71. The Kier molecular flexibility index (Phi) is 3.41. The molecule has 1 unspecified atom stereocenters. The van der Waals surface area contributed by atoms with E-state index < -0.39 is 0 Å². The van der Waals surface area contributed by atoms with Gasteiger partial charge in [0.05, 0.1) is 17.8 Å². The Labute approximate surface area is 106 Å². The Morgan fingerprint density at radius 2 is 2.22 bits per heavy atom. The number of nitrogens with one attached hydrogen (secondary N) is 1. The van der Waals surface area contributed by atoms with E-state index in [0.29, 0.717) is 5.56 Å². The van der Waals surface area contributed by atoms with Gasteiger partial charge in [-0.05, 0) is 25.5 Å². The maximum absolute atomic E-state index is 12.1. The summed E-state index contributed by atoms with van der Waals surface area (Å²) in [6.45, 7) is 3.80. The van der Waals surface area contributed by atoms with Crippen molar-refractivity contribution in [1.29, 1.82) is 0 Å². The van der Waals surface area contributed by atoms with Crippen LogP contribution in [0.1, 0.15) is 34.6 Å². The van der Waals surface area contributed by atoms with Gasteiger partial charge in [0, 0.05) is 25.1 Å². The average Bonchev–Trinajstić information content (AvgIpc) is 2.71. The van der Waals surface area contributed by atoms with E-state index in [-0.39, 0.29) is 11.9 Å². The molecule has 0 saturated heterocycles. The van der Waals surface area contributed by atoms with Crippen LogP contribution in [-0.2, 0) is 7.05 Å². The van der Waals surface area contributed by atoms with Crippen LogP contribution in [0, 0.1) is 6.92 Å². The lowest BCUT2D eigenvalue weighted by Gasteiger charge is -2.13. The van der Waals surface area contributed by atoms with Crippen LogP contribution < -0.4 is 5.32 Å². The highest BCUT2D eigenvalue weighted by molar-refractivity contribution is 5.95. The van der Waals surface area contributed by atoms with Crippen LogP contribution in [0.25, 0.3) is 0 Å². The highest BCUT2D eigenvalue weighted by atomic mass is 16.1. The highest BCUT2D eigenvalue weighted by Crippen LogP contribution is 2.12. The molecule has 0 aliphatic carbocycles. The number of hydrogen-bond acceptors (Lipinski definition) is 3. The van der Waals surface area contributed by atoms with Gasteiger partial charge in [0.2, 0.25) is 0 Å². The van der Waals surface area contributed by atoms with E-state index >= 15 is 0 Å². The van der Waals surface area contributed by atoms with Gasteiger partial charge in [-0.3, -0.25) is 14.5 Å². The van der Waals surface area contributed by atoms with Gasteiger partial charge in [-0.15, -0.1) is 0 Å². The molecule has 1 atom stereocenters. The molecule has 0 spiro atoms. The lowest BCUT2D eigenvalue weighted by atomic mass is 10.1. The molecule has 0 aliphatic heterocycles. The van der Waals surface area contributed by atoms with Gasteiger partial charge in [-0.2, -0.15) is 5.10 Å². The van der Waals surface area contributed by atoms with Crippen LogP contribution >= 0.6 is 0 Å². The quantitative estimate of drug-likeness (QED) is 0.892. The number of carbonyl (C=O) groups excluding carboxylic acids is 1. The third-order valence-electron chi connectivity index (χ3n) is 3.01. The molecular weight excluding hydrogens is 228 g/mol. The number of carbonyl (C=O) groups is 1. The SMILES string of the molecule is Cc1c(C(=O)NC(C)c2cccnc2)cnn1C. The van der Waals surface area contributed by atoms with Gasteiger partial charge in [0.25, 0.3) is 5.91 Å². The van der Waals surface area contributed by atoms with Crippen molar-refractivity contribution in [2.75, 3.05) is 0 Å². The van der Waals surface area contributed by atoms with Crippen molar-refractivity contribution in [3.8, 4) is 0 Å². The summed E-state index contributed by atoms with van der Waals surface area (Å²) in [5.74, 6) is -0.114. The van der Waals surface area contributed by atoms with E-state index in [9.17, 15) is 4.79 Å². The summed E-state index contributed by atoms with van der Waals surface area (Å²) in [6.07, 6.45) is 5.05. The fraction of sp³-hybridized carbons (Fsp3) is 0.308. The zero-order valence-electron chi connectivity index (χ0n) is 10.7. The molecule has 0 fully saturated rings. The van der Waals surface area contributed by atoms with Crippen molar-refractivity contribution in [1.82, 2.24) is 20.1 Å². The topological polar surface area (TPSA) is 59.8 Å². The Bertz CT molecular complexity index is 547. The summed E-state index contributed by atoms with van der Waals surface area (Å²) in [6, 6.07) is 3.72. The number of aromatic nitrogens is 3. The number of aryl methyl sites for hydroxylation is 1. The first kappa shape index (κ1) is 12.3. The van der Waals surface area contributed by atoms with E-state index in [1.165, 1.54) is 0 Å². The molecule has 94 valence electrons. The van der Waals surface area contributed by atoms with Crippen molar-refractivity contribution < 1.29 is 4.79 Å². The summed E-state index contributed by atoms with van der Waals surface area (Å²) in [5.41, 5.74) is 2.44. The first-order valence-corrected chi connectivity index (χ1v) is 5.79. The summed E-state index contributed by atoms with van der Waals surface area (Å²) < 4.78 is 1.68. The monoisotopic (exact) mass is 244 g/mol. The Morgan fingerprint density at radius 1 is 1.44 bits per heavy atom. The second kappa shape index (κ2) is 5.00. The predicted molar refractivity (Wildman–Crippen MR) is 68.1 cm³/mol. The van der Waals surface area contributed by atoms with Crippen molar-refractivity contribution in [3.63, 3.8) is 0 Å². The molecule has 2 heterocycles. The Balaban J connectivity index is 2.11. The van der Waals surface area contributed by atoms with Crippen molar-refractivity contribution in [2.45, 2.75) is 19.9 Å². The molecule has 0 aliphatic rings. The zero-order valence-corrected chi connectivity index (χ0v) is 10.7. The smallest absolute Gasteiger partial charge is 0.255 e. The van der Waals surface area contributed by atoms with Crippen molar-refractivity contribution in [2.24, 2.45) is 7.05 Å². The van der Waals surface area contributed by atoms with Crippen molar-refractivity contribution in [3.05, 3.63) is 47.5 Å². The van der Waals surface area contributed by atoms with Crippen LogP contribution in [-0.4, -0.2) is 20.7 Å². The van der Waals surface area contributed by atoms with Crippen LogP contribution in [0.15, 0.2) is 30.7 Å². The number of hydrogen-bond donors (Lipinski definition) is 1. The predicted octanol–water partition coefficient (Wildman–Crippen LogP) is 1.61. The van der Waals surface area contributed by atoms with E-state index in [0.717, 1.165) is 11.3 Å². The number of rotatable bonds is 3. The molecule has 0 saturated carbocycles. The summed E-state index contributed by atoms with van der Waals surface area (Å²) in [4.78, 5) is 16.1. The maximum atomic E-state index is 12.1. The molecule has 0 bridgehead atoms. The van der Waals surface area contributed by atoms with Gasteiger partial charge in [-0.1, -0.05) is 6.07 Å². The third kappa shape index (κ3) is 2.40. The largest absolute Gasteiger partial charge is 0.345 e. The zero-order chi connectivity index (χ0) is 13.1. The Morgan fingerprint density at radius 3 is 2.78 bits per heavy atom. The first-order valence-electron chi connectivity index (χ1n) is 5.79. The minimum atomic E-state index is -0.114. The molecule has 18 heavy (non-hydrogen) atoms. The maximum Gasteiger partial charge on any atom is 0.255 e. The van der Waals surface area contributed by atoms with Gasteiger partial charge in [-0.25, -0.2) is 0 Å². The van der Waals surface area contributed by atoms with Crippen LogP contribution in [0.4, 0.5) is 0 Å². The number of pyridine rings is 1. The molecule has 0 radical (unpaired) electrons. The molecule has 2 rings (SSSR count). The molecule has 2 aromatic rings. The second-order valence-corrected chi connectivity index (χ2v) is 4.25. The lowest BCUT2D eigenvalue weighted by molar-refractivity contribution is 0.0939. The summed E-state index contributed by atoms with van der Waals surface area (Å²) in [7, 11) is 1.82. The van der Waals surface area contributed by atoms with Crippen LogP contribution in [0.5, 0.6) is 0 Å². The Hall–Kier alpha value is -2.17. The summed E-state index contributed by atoms with van der Waals surface area (Å²) >= 11 is 0. The standard InChI is InChI=1S/C13H16N4O/c1-9(11-5-4-6-14-7-11)16-13(18)12-8-15-17(3)10(12)2/h4-9H,1-3H3,(H,16,18). The van der Waals surface area contributed by atoms with E-state index in [2.05, 4.69) is 15.4 Å². The lowest BCUT2D eigenvalue weighted by Crippen LogP contribution is -2.27. The normalized spacial score (nSPS) is 12.2.